The normalized spacial score (nSPS) is 16.9. The number of amides is 1. The zero-order valence-corrected chi connectivity index (χ0v) is 10.9. The molecule has 1 aliphatic rings. The van der Waals surface area contributed by atoms with Gasteiger partial charge in [-0.1, -0.05) is 36.4 Å². The minimum atomic E-state index is -0.717. The molecule has 0 spiro atoms. The number of methoxy groups -OCH3 is 1. The molecule has 0 N–H and O–H groups in total. The second-order valence-electron chi connectivity index (χ2n) is 4.52. The first-order valence-electron chi connectivity index (χ1n) is 6.29. The maximum Gasteiger partial charge on any atom is 0.333 e. The van der Waals surface area contributed by atoms with Gasteiger partial charge in [-0.2, -0.15) is 0 Å². The van der Waals surface area contributed by atoms with E-state index in [1.165, 1.54) is 12.0 Å². The summed E-state index contributed by atoms with van der Waals surface area (Å²) in [5.74, 6) is -0.616. The van der Waals surface area contributed by atoms with Gasteiger partial charge in [-0.25, -0.2) is 4.79 Å². The van der Waals surface area contributed by atoms with Gasteiger partial charge in [-0.05, 0) is 23.8 Å². The van der Waals surface area contributed by atoms with Gasteiger partial charge < -0.3 is 4.74 Å². The predicted molar refractivity (Wildman–Crippen MR) is 74.5 cm³/mol. The Hall–Kier alpha value is -2.62. The van der Waals surface area contributed by atoms with Crippen LogP contribution in [0.25, 0.3) is 0 Å². The summed E-state index contributed by atoms with van der Waals surface area (Å²) >= 11 is 0. The Kier molecular flexibility index (Phi) is 2.99. The molecular formula is C16H13NO3. The van der Waals surface area contributed by atoms with Gasteiger partial charge in [0.2, 0.25) is 0 Å². The Balaban J connectivity index is 2.15. The molecule has 0 radical (unpaired) electrons. The number of carbonyl (C=O) groups excluding carboxylic acids is 2. The molecule has 0 bridgehead atoms. The number of benzene rings is 2. The van der Waals surface area contributed by atoms with E-state index in [-0.39, 0.29) is 5.91 Å². The number of ether oxygens (including phenoxy) is 1. The van der Waals surface area contributed by atoms with Gasteiger partial charge in [0.15, 0.2) is 6.04 Å². The maximum atomic E-state index is 12.5. The van der Waals surface area contributed by atoms with Crippen LogP contribution in [-0.4, -0.2) is 19.0 Å². The molecule has 2 aromatic rings. The Morgan fingerprint density at radius 1 is 1.05 bits per heavy atom. The standard InChI is InChI=1S/C16H13NO3/c1-20-16(19)14-12-9-5-6-10-13(12)15(18)17(14)11-7-3-2-4-8-11/h2-10,14H,1H3/t14-/m1/s1. The molecule has 0 fully saturated rings. The zero-order chi connectivity index (χ0) is 14.1. The number of fused-ring (bicyclic) bond motifs is 1. The third-order valence-corrected chi connectivity index (χ3v) is 3.42. The first-order chi connectivity index (χ1) is 9.74. The zero-order valence-electron chi connectivity index (χ0n) is 10.9. The second kappa shape index (κ2) is 4.81. The number of anilines is 1. The Bertz CT molecular complexity index is 666. The maximum absolute atomic E-state index is 12.5. The minimum absolute atomic E-state index is 0.179. The fraction of sp³-hybridized carbons (Fsp3) is 0.125. The summed E-state index contributed by atoms with van der Waals surface area (Å²) in [4.78, 5) is 26.1. The number of hydrogen-bond acceptors (Lipinski definition) is 3. The largest absolute Gasteiger partial charge is 0.467 e. The van der Waals surface area contributed by atoms with E-state index < -0.39 is 12.0 Å². The summed E-state index contributed by atoms with van der Waals surface area (Å²) in [5.41, 5.74) is 1.92. The van der Waals surface area contributed by atoms with Gasteiger partial charge >= 0.3 is 5.97 Å². The van der Waals surface area contributed by atoms with Crippen LogP contribution < -0.4 is 4.90 Å². The van der Waals surface area contributed by atoms with Crippen LogP contribution >= 0.6 is 0 Å². The predicted octanol–water partition coefficient (Wildman–Crippen LogP) is 2.56. The molecule has 1 heterocycles. The van der Waals surface area contributed by atoms with Crippen molar-refractivity contribution in [1.82, 2.24) is 0 Å². The molecule has 3 rings (SSSR count). The molecule has 4 heteroatoms. The van der Waals surface area contributed by atoms with Crippen LogP contribution in [-0.2, 0) is 9.53 Å². The van der Waals surface area contributed by atoms with Crippen molar-refractivity contribution in [3.05, 3.63) is 65.7 Å². The van der Waals surface area contributed by atoms with E-state index >= 15 is 0 Å². The molecule has 20 heavy (non-hydrogen) atoms. The fourth-order valence-corrected chi connectivity index (χ4v) is 2.52. The van der Waals surface area contributed by atoms with Gasteiger partial charge in [0, 0.05) is 11.3 Å². The van der Waals surface area contributed by atoms with E-state index in [2.05, 4.69) is 0 Å². The van der Waals surface area contributed by atoms with Crippen LogP contribution in [0.2, 0.25) is 0 Å². The van der Waals surface area contributed by atoms with Gasteiger partial charge in [0.1, 0.15) is 0 Å². The van der Waals surface area contributed by atoms with E-state index in [4.69, 9.17) is 4.74 Å². The highest BCUT2D eigenvalue weighted by Crippen LogP contribution is 2.37. The van der Waals surface area contributed by atoms with Crippen molar-refractivity contribution in [2.45, 2.75) is 6.04 Å². The van der Waals surface area contributed by atoms with Crippen molar-refractivity contribution in [3.8, 4) is 0 Å². The summed E-state index contributed by atoms with van der Waals surface area (Å²) in [7, 11) is 1.33. The molecule has 2 aromatic carbocycles. The summed E-state index contributed by atoms with van der Waals surface area (Å²) < 4.78 is 4.86. The SMILES string of the molecule is COC(=O)[C@H]1c2ccccc2C(=O)N1c1ccccc1. The van der Waals surface area contributed by atoms with Crippen LogP contribution in [0.4, 0.5) is 5.69 Å². The van der Waals surface area contributed by atoms with Gasteiger partial charge in [-0.3, -0.25) is 9.69 Å². The van der Waals surface area contributed by atoms with Crippen molar-refractivity contribution >= 4 is 17.6 Å². The molecule has 0 unspecified atom stereocenters. The first-order valence-corrected chi connectivity index (χ1v) is 6.29. The number of esters is 1. The molecule has 4 nitrogen and oxygen atoms in total. The summed E-state index contributed by atoms with van der Waals surface area (Å²) in [6.45, 7) is 0. The fourth-order valence-electron chi connectivity index (χ4n) is 2.52. The summed E-state index contributed by atoms with van der Waals surface area (Å²) in [6, 6.07) is 15.6. The lowest BCUT2D eigenvalue weighted by atomic mass is 10.0. The average molecular weight is 267 g/mol. The number of rotatable bonds is 2. The Morgan fingerprint density at radius 3 is 2.40 bits per heavy atom. The highest BCUT2D eigenvalue weighted by atomic mass is 16.5. The van der Waals surface area contributed by atoms with Crippen LogP contribution in [0.15, 0.2) is 54.6 Å². The van der Waals surface area contributed by atoms with Gasteiger partial charge in [-0.15, -0.1) is 0 Å². The molecule has 100 valence electrons. The molecule has 0 aromatic heterocycles. The van der Waals surface area contributed by atoms with Crippen molar-refractivity contribution in [2.75, 3.05) is 12.0 Å². The smallest absolute Gasteiger partial charge is 0.333 e. The highest BCUT2D eigenvalue weighted by Gasteiger charge is 2.42. The minimum Gasteiger partial charge on any atom is -0.467 e. The van der Waals surface area contributed by atoms with Crippen LogP contribution in [0, 0.1) is 0 Å². The highest BCUT2D eigenvalue weighted by molar-refractivity contribution is 6.15. The number of hydrogen-bond donors (Lipinski definition) is 0. The molecule has 0 saturated heterocycles. The van der Waals surface area contributed by atoms with Crippen molar-refractivity contribution < 1.29 is 14.3 Å². The van der Waals surface area contributed by atoms with E-state index in [0.29, 0.717) is 16.8 Å². The second-order valence-corrected chi connectivity index (χ2v) is 4.52. The van der Waals surface area contributed by atoms with E-state index in [1.807, 2.05) is 24.3 Å². The van der Waals surface area contributed by atoms with Crippen molar-refractivity contribution in [2.24, 2.45) is 0 Å². The first kappa shape index (κ1) is 12.4. The molecule has 1 atom stereocenters. The van der Waals surface area contributed by atoms with Crippen LogP contribution in [0.1, 0.15) is 22.0 Å². The molecular weight excluding hydrogens is 254 g/mol. The van der Waals surface area contributed by atoms with Gasteiger partial charge in [0.05, 0.1) is 7.11 Å². The lowest BCUT2D eigenvalue weighted by Crippen LogP contribution is -2.33. The molecule has 1 aliphatic heterocycles. The van der Waals surface area contributed by atoms with Crippen LogP contribution in [0.3, 0.4) is 0 Å². The molecule has 0 saturated carbocycles. The van der Waals surface area contributed by atoms with E-state index in [0.717, 1.165) is 0 Å². The molecule has 0 aliphatic carbocycles. The number of carbonyl (C=O) groups is 2. The molecule has 1 amide bonds. The monoisotopic (exact) mass is 267 g/mol. The lowest BCUT2D eigenvalue weighted by molar-refractivity contribution is -0.142. The Labute approximate surface area is 116 Å². The number of para-hydroxylation sites is 1. The van der Waals surface area contributed by atoms with Crippen molar-refractivity contribution in [3.63, 3.8) is 0 Å². The quantitative estimate of drug-likeness (QED) is 0.786. The topological polar surface area (TPSA) is 46.6 Å². The third-order valence-electron chi connectivity index (χ3n) is 3.42. The van der Waals surface area contributed by atoms with E-state index in [1.54, 1.807) is 30.3 Å². The van der Waals surface area contributed by atoms with E-state index in [9.17, 15) is 9.59 Å². The average Bonchev–Trinajstić information content (AvgIpc) is 2.81. The Morgan fingerprint density at radius 2 is 1.70 bits per heavy atom. The van der Waals surface area contributed by atoms with Crippen molar-refractivity contribution in [1.29, 1.82) is 0 Å². The summed E-state index contributed by atoms with van der Waals surface area (Å²) in [6.07, 6.45) is 0. The third kappa shape index (κ3) is 1.77. The van der Waals surface area contributed by atoms with Gasteiger partial charge in [0.25, 0.3) is 5.91 Å². The lowest BCUT2D eigenvalue weighted by Gasteiger charge is -2.23. The summed E-state index contributed by atoms with van der Waals surface area (Å²) in [5, 5.41) is 0. The number of nitrogens with zero attached hydrogens (tertiary/aromatic N) is 1. The van der Waals surface area contributed by atoms with Crippen LogP contribution in [0.5, 0.6) is 0 Å².